The molecule has 92 valence electrons. The molecule has 15 heavy (non-hydrogen) atoms. The van der Waals surface area contributed by atoms with Crippen LogP contribution in [0.4, 0.5) is 0 Å². The molecule has 0 aromatic rings. The second-order valence-electron chi connectivity index (χ2n) is 4.98. The Morgan fingerprint density at radius 1 is 1.20 bits per heavy atom. The molecule has 1 heterocycles. The monoisotopic (exact) mass is 216 g/mol. The Morgan fingerprint density at radius 3 is 2.33 bits per heavy atom. The molecule has 0 amide bonds. The van der Waals surface area contributed by atoms with Gasteiger partial charge in [0.15, 0.2) is 0 Å². The van der Waals surface area contributed by atoms with E-state index in [1.54, 1.807) is 0 Å². The number of morpholine rings is 1. The van der Waals surface area contributed by atoms with Gasteiger partial charge >= 0.3 is 0 Å². The molecule has 0 aliphatic carbocycles. The maximum atomic E-state index is 5.30. The standard InChI is InChI=1S/C11H24N2O.CH4/c1-11(2,3)12-5-4-6-13-7-9-14-10-8-13;/h12H,4-10H2,1-3H3;1H4. The van der Waals surface area contributed by atoms with E-state index in [0.717, 1.165) is 32.8 Å². The van der Waals surface area contributed by atoms with E-state index in [4.69, 9.17) is 4.74 Å². The molecule has 0 atom stereocenters. The smallest absolute Gasteiger partial charge is 0.0594 e. The first-order valence-electron chi connectivity index (χ1n) is 5.63. The van der Waals surface area contributed by atoms with Crippen LogP contribution in [0, 0.1) is 0 Å². The van der Waals surface area contributed by atoms with Crippen LogP contribution in [-0.4, -0.2) is 49.8 Å². The quantitative estimate of drug-likeness (QED) is 0.724. The van der Waals surface area contributed by atoms with Gasteiger partial charge in [-0.25, -0.2) is 0 Å². The number of hydrogen-bond donors (Lipinski definition) is 1. The van der Waals surface area contributed by atoms with Crippen molar-refractivity contribution < 1.29 is 4.74 Å². The summed E-state index contributed by atoms with van der Waals surface area (Å²) >= 11 is 0. The van der Waals surface area contributed by atoms with Crippen LogP contribution < -0.4 is 5.32 Å². The van der Waals surface area contributed by atoms with E-state index in [9.17, 15) is 0 Å². The van der Waals surface area contributed by atoms with Crippen LogP contribution in [-0.2, 0) is 4.74 Å². The fraction of sp³-hybridized carbons (Fsp3) is 1.00. The Hall–Kier alpha value is -0.120. The zero-order valence-corrected chi connectivity index (χ0v) is 9.81. The van der Waals surface area contributed by atoms with Crippen molar-refractivity contribution in [1.82, 2.24) is 10.2 Å². The van der Waals surface area contributed by atoms with Crippen molar-refractivity contribution >= 4 is 0 Å². The van der Waals surface area contributed by atoms with E-state index in [1.165, 1.54) is 13.0 Å². The molecular weight excluding hydrogens is 188 g/mol. The van der Waals surface area contributed by atoms with E-state index in [1.807, 2.05) is 0 Å². The number of nitrogens with zero attached hydrogens (tertiary/aromatic N) is 1. The van der Waals surface area contributed by atoms with Crippen molar-refractivity contribution in [3.05, 3.63) is 0 Å². The third-order valence-electron chi connectivity index (χ3n) is 2.41. The molecule has 1 aliphatic rings. The fourth-order valence-corrected chi connectivity index (χ4v) is 1.59. The summed E-state index contributed by atoms with van der Waals surface area (Å²) in [7, 11) is 0. The highest BCUT2D eigenvalue weighted by Crippen LogP contribution is 2.00. The normalized spacial score (nSPS) is 18.6. The number of rotatable bonds is 4. The maximum Gasteiger partial charge on any atom is 0.0594 e. The summed E-state index contributed by atoms with van der Waals surface area (Å²) in [5.41, 5.74) is 0.255. The zero-order chi connectivity index (χ0) is 10.4. The van der Waals surface area contributed by atoms with Gasteiger partial charge in [-0.2, -0.15) is 0 Å². The van der Waals surface area contributed by atoms with Crippen LogP contribution in [0.15, 0.2) is 0 Å². The molecule has 0 saturated carbocycles. The second kappa shape index (κ2) is 7.20. The molecule has 0 aromatic heterocycles. The van der Waals surface area contributed by atoms with Crippen LogP contribution in [0.2, 0.25) is 0 Å². The van der Waals surface area contributed by atoms with Gasteiger partial charge in [0, 0.05) is 18.6 Å². The summed E-state index contributed by atoms with van der Waals surface area (Å²) in [6.45, 7) is 13.0. The minimum Gasteiger partial charge on any atom is -0.379 e. The molecule has 1 N–H and O–H groups in total. The Labute approximate surface area is 95.2 Å². The van der Waals surface area contributed by atoms with Gasteiger partial charge in [0.25, 0.3) is 0 Å². The molecule has 0 unspecified atom stereocenters. The lowest BCUT2D eigenvalue weighted by molar-refractivity contribution is 0.0373. The van der Waals surface area contributed by atoms with E-state index in [-0.39, 0.29) is 13.0 Å². The highest BCUT2D eigenvalue weighted by molar-refractivity contribution is 4.70. The Kier molecular flexibility index (Phi) is 7.14. The largest absolute Gasteiger partial charge is 0.379 e. The topological polar surface area (TPSA) is 24.5 Å². The van der Waals surface area contributed by atoms with E-state index in [0.29, 0.717) is 0 Å². The first kappa shape index (κ1) is 14.9. The second-order valence-corrected chi connectivity index (χ2v) is 4.98. The summed E-state index contributed by atoms with van der Waals surface area (Å²) in [5, 5.41) is 3.50. The molecule has 1 fully saturated rings. The van der Waals surface area contributed by atoms with Crippen LogP contribution in [0.1, 0.15) is 34.6 Å². The molecule has 1 aliphatic heterocycles. The highest BCUT2D eigenvalue weighted by Gasteiger charge is 2.11. The van der Waals surface area contributed by atoms with Gasteiger partial charge in [0.05, 0.1) is 13.2 Å². The third kappa shape index (κ3) is 7.77. The lowest BCUT2D eigenvalue weighted by Crippen LogP contribution is -2.40. The van der Waals surface area contributed by atoms with Gasteiger partial charge in [0.2, 0.25) is 0 Å². The molecule has 1 saturated heterocycles. The van der Waals surface area contributed by atoms with Crippen molar-refractivity contribution in [2.45, 2.75) is 40.2 Å². The van der Waals surface area contributed by atoms with E-state index in [2.05, 4.69) is 31.0 Å². The average molecular weight is 216 g/mol. The molecule has 3 nitrogen and oxygen atoms in total. The summed E-state index contributed by atoms with van der Waals surface area (Å²) < 4.78 is 5.30. The molecule has 3 heteroatoms. The van der Waals surface area contributed by atoms with Crippen LogP contribution in [0.5, 0.6) is 0 Å². The predicted octanol–water partition coefficient (Wildman–Crippen LogP) is 1.73. The predicted molar refractivity (Wildman–Crippen MR) is 66.4 cm³/mol. The first-order chi connectivity index (χ1) is 6.58. The fourth-order valence-electron chi connectivity index (χ4n) is 1.59. The summed E-state index contributed by atoms with van der Waals surface area (Å²) in [6.07, 6.45) is 1.23. The molecular formula is C12H28N2O. The van der Waals surface area contributed by atoms with E-state index < -0.39 is 0 Å². The number of ether oxygens (including phenoxy) is 1. The summed E-state index contributed by atoms with van der Waals surface area (Å²) in [4.78, 5) is 2.48. The molecule has 0 bridgehead atoms. The van der Waals surface area contributed by atoms with E-state index >= 15 is 0 Å². The van der Waals surface area contributed by atoms with Gasteiger partial charge in [-0.05, 0) is 40.3 Å². The van der Waals surface area contributed by atoms with Crippen LogP contribution in [0.3, 0.4) is 0 Å². The Morgan fingerprint density at radius 2 is 1.80 bits per heavy atom. The summed E-state index contributed by atoms with van der Waals surface area (Å²) in [6, 6.07) is 0. The van der Waals surface area contributed by atoms with Gasteiger partial charge in [0.1, 0.15) is 0 Å². The lowest BCUT2D eigenvalue weighted by atomic mass is 10.1. The van der Waals surface area contributed by atoms with Gasteiger partial charge in [-0.3, -0.25) is 4.90 Å². The van der Waals surface area contributed by atoms with Crippen molar-refractivity contribution in [3.63, 3.8) is 0 Å². The molecule has 1 rings (SSSR count). The Bertz CT molecular complexity index is 148. The average Bonchev–Trinajstić information content (AvgIpc) is 2.13. The highest BCUT2D eigenvalue weighted by atomic mass is 16.5. The molecule has 0 radical (unpaired) electrons. The van der Waals surface area contributed by atoms with Crippen molar-refractivity contribution in [1.29, 1.82) is 0 Å². The van der Waals surface area contributed by atoms with Crippen molar-refractivity contribution in [2.75, 3.05) is 39.4 Å². The minimum atomic E-state index is 0. The molecule has 0 spiro atoms. The Balaban J connectivity index is 0.00000196. The maximum absolute atomic E-state index is 5.30. The SMILES string of the molecule is C.CC(C)(C)NCCCN1CCOCC1. The van der Waals surface area contributed by atoms with Gasteiger partial charge in [-0.15, -0.1) is 0 Å². The lowest BCUT2D eigenvalue weighted by Gasteiger charge is -2.27. The summed E-state index contributed by atoms with van der Waals surface area (Å²) in [5.74, 6) is 0. The van der Waals surface area contributed by atoms with Gasteiger partial charge < -0.3 is 10.1 Å². The minimum absolute atomic E-state index is 0. The van der Waals surface area contributed by atoms with Crippen LogP contribution in [0.25, 0.3) is 0 Å². The zero-order valence-electron chi connectivity index (χ0n) is 9.81. The van der Waals surface area contributed by atoms with Crippen molar-refractivity contribution in [3.8, 4) is 0 Å². The van der Waals surface area contributed by atoms with Gasteiger partial charge in [-0.1, -0.05) is 7.43 Å². The van der Waals surface area contributed by atoms with Crippen molar-refractivity contribution in [2.24, 2.45) is 0 Å². The van der Waals surface area contributed by atoms with Crippen LogP contribution >= 0.6 is 0 Å². The number of hydrogen-bond acceptors (Lipinski definition) is 3. The molecule has 0 aromatic carbocycles. The first-order valence-corrected chi connectivity index (χ1v) is 5.63. The number of nitrogens with one attached hydrogen (secondary N) is 1. The third-order valence-corrected chi connectivity index (χ3v) is 2.41.